The lowest BCUT2D eigenvalue weighted by molar-refractivity contribution is -0.384. The maximum atomic E-state index is 10.8. The third-order valence-corrected chi connectivity index (χ3v) is 2.53. The normalized spacial score (nSPS) is 10.6. The highest BCUT2D eigenvalue weighted by Crippen LogP contribution is 2.20. The van der Waals surface area contributed by atoms with Crippen molar-refractivity contribution in [2.24, 2.45) is 5.73 Å². The molecule has 1 aromatic carbocycles. The molecule has 2 rings (SSSR count). The number of rotatable bonds is 4. The molecule has 0 bridgehead atoms. The number of hydrogen-bond donors (Lipinski definition) is 1. The molecule has 2 aromatic rings. The highest BCUT2D eigenvalue weighted by Gasteiger charge is 2.14. The molecule has 0 amide bonds. The lowest BCUT2D eigenvalue weighted by atomic mass is 10.2. The van der Waals surface area contributed by atoms with Gasteiger partial charge in [0.1, 0.15) is 0 Å². The molecule has 1 aromatic heterocycles. The van der Waals surface area contributed by atoms with Gasteiger partial charge in [-0.1, -0.05) is 6.07 Å². The summed E-state index contributed by atoms with van der Waals surface area (Å²) in [6, 6.07) is 4.57. The second kappa shape index (κ2) is 4.88. The van der Waals surface area contributed by atoms with Crippen molar-refractivity contribution >= 4 is 5.69 Å². The van der Waals surface area contributed by atoms with Crippen LogP contribution in [0.4, 0.5) is 5.69 Å². The number of aryl methyl sites for hydroxylation is 1. The average molecular weight is 248 g/mol. The van der Waals surface area contributed by atoms with Crippen LogP contribution in [0.5, 0.6) is 0 Å². The van der Waals surface area contributed by atoms with Crippen molar-refractivity contribution in [3.63, 3.8) is 0 Å². The minimum absolute atomic E-state index is 0.00444. The quantitative estimate of drug-likeness (QED) is 0.618. The summed E-state index contributed by atoms with van der Waals surface area (Å²) in [5.41, 5.74) is 6.92. The predicted octanol–water partition coefficient (Wildman–Crippen LogP) is 0.380. The number of tetrazole rings is 1. The zero-order valence-corrected chi connectivity index (χ0v) is 9.78. The molecule has 2 N–H and O–H groups in total. The Hall–Kier alpha value is -2.35. The Morgan fingerprint density at radius 2 is 2.28 bits per heavy atom. The Labute approximate surface area is 103 Å². The summed E-state index contributed by atoms with van der Waals surface area (Å²) < 4.78 is 1.48. The Bertz CT molecular complexity index is 579. The van der Waals surface area contributed by atoms with E-state index in [4.69, 9.17) is 5.73 Å². The maximum Gasteiger partial charge on any atom is 0.271 e. The fourth-order valence-corrected chi connectivity index (χ4v) is 1.62. The van der Waals surface area contributed by atoms with Crippen molar-refractivity contribution in [3.8, 4) is 5.69 Å². The summed E-state index contributed by atoms with van der Waals surface area (Å²) >= 11 is 0. The van der Waals surface area contributed by atoms with Crippen LogP contribution in [0.2, 0.25) is 0 Å². The summed E-state index contributed by atoms with van der Waals surface area (Å²) in [6.07, 6.45) is 0.509. The van der Waals surface area contributed by atoms with E-state index in [1.807, 2.05) is 6.92 Å². The van der Waals surface area contributed by atoms with Crippen LogP contribution in [0.3, 0.4) is 0 Å². The lowest BCUT2D eigenvalue weighted by Crippen LogP contribution is -2.11. The number of non-ortho nitro benzene ring substituents is 1. The topological polar surface area (TPSA) is 113 Å². The van der Waals surface area contributed by atoms with E-state index in [0.717, 1.165) is 5.56 Å². The summed E-state index contributed by atoms with van der Waals surface area (Å²) in [4.78, 5) is 10.3. The van der Waals surface area contributed by atoms with E-state index in [1.165, 1.54) is 16.8 Å². The minimum atomic E-state index is -0.449. The summed E-state index contributed by atoms with van der Waals surface area (Å²) in [7, 11) is 0. The number of nitrogens with two attached hydrogens (primary N) is 1. The van der Waals surface area contributed by atoms with E-state index in [0.29, 0.717) is 24.5 Å². The van der Waals surface area contributed by atoms with E-state index < -0.39 is 4.92 Å². The molecule has 18 heavy (non-hydrogen) atoms. The molecule has 8 heteroatoms. The van der Waals surface area contributed by atoms with Crippen molar-refractivity contribution in [1.29, 1.82) is 0 Å². The first-order valence-corrected chi connectivity index (χ1v) is 5.36. The van der Waals surface area contributed by atoms with Gasteiger partial charge in [0, 0.05) is 18.6 Å². The van der Waals surface area contributed by atoms with Crippen LogP contribution >= 0.6 is 0 Å². The van der Waals surface area contributed by atoms with Gasteiger partial charge >= 0.3 is 0 Å². The molecule has 0 aliphatic carbocycles. The van der Waals surface area contributed by atoms with Gasteiger partial charge in [-0.2, -0.15) is 4.68 Å². The monoisotopic (exact) mass is 248 g/mol. The Morgan fingerprint density at radius 3 is 2.94 bits per heavy atom. The molecule has 94 valence electrons. The van der Waals surface area contributed by atoms with Gasteiger partial charge in [0.25, 0.3) is 5.69 Å². The molecule has 0 fully saturated rings. The van der Waals surface area contributed by atoms with Crippen LogP contribution in [0.15, 0.2) is 18.2 Å². The van der Waals surface area contributed by atoms with Gasteiger partial charge in [-0.05, 0) is 29.5 Å². The molecule has 0 aliphatic rings. The maximum absolute atomic E-state index is 10.8. The number of hydrogen-bond acceptors (Lipinski definition) is 6. The zero-order valence-electron chi connectivity index (χ0n) is 9.78. The van der Waals surface area contributed by atoms with E-state index >= 15 is 0 Å². The van der Waals surface area contributed by atoms with Crippen molar-refractivity contribution in [1.82, 2.24) is 20.2 Å². The molecule has 0 saturated carbocycles. The molecule has 0 radical (unpaired) electrons. The third-order valence-electron chi connectivity index (χ3n) is 2.53. The van der Waals surface area contributed by atoms with Gasteiger partial charge in [-0.3, -0.25) is 10.1 Å². The molecule has 0 unspecified atom stereocenters. The summed E-state index contributed by atoms with van der Waals surface area (Å²) in [6.45, 7) is 2.25. The third kappa shape index (κ3) is 2.18. The van der Waals surface area contributed by atoms with Gasteiger partial charge in [0.2, 0.25) is 0 Å². The first kappa shape index (κ1) is 12.1. The smallest absolute Gasteiger partial charge is 0.271 e. The molecule has 0 saturated heterocycles. The number of aromatic nitrogens is 4. The number of nitro groups is 1. The van der Waals surface area contributed by atoms with Crippen LogP contribution in [0, 0.1) is 17.0 Å². The molecule has 8 nitrogen and oxygen atoms in total. The first-order chi connectivity index (χ1) is 8.63. The Kier molecular flexibility index (Phi) is 3.28. The molecule has 0 aliphatic heterocycles. The van der Waals surface area contributed by atoms with E-state index in [-0.39, 0.29) is 5.69 Å². The minimum Gasteiger partial charge on any atom is -0.330 e. The predicted molar refractivity (Wildman–Crippen MR) is 63.3 cm³/mol. The van der Waals surface area contributed by atoms with Gasteiger partial charge in [-0.25, -0.2) is 0 Å². The van der Waals surface area contributed by atoms with Crippen LogP contribution in [-0.4, -0.2) is 31.7 Å². The molecule has 1 heterocycles. The lowest BCUT2D eigenvalue weighted by Gasteiger charge is -2.06. The van der Waals surface area contributed by atoms with Crippen LogP contribution < -0.4 is 5.73 Å². The van der Waals surface area contributed by atoms with E-state index in [9.17, 15) is 10.1 Å². The van der Waals surface area contributed by atoms with E-state index in [2.05, 4.69) is 15.5 Å². The average Bonchev–Trinajstić information content (AvgIpc) is 2.78. The molecule has 0 spiro atoms. The van der Waals surface area contributed by atoms with Gasteiger partial charge in [-0.15, -0.1) is 5.10 Å². The highest BCUT2D eigenvalue weighted by molar-refractivity contribution is 5.48. The summed E-state index contributed by atoms with van der Waals surface area (Å²) in [5, 5.41) is 22.0. The summed E-state index contributed by atoms with van der Waals surface area (Å²) in [5.74, 6) is 0.584. The Morgan fingerprint density at radius 1 is 1.50 bits per heavy atom. The van der Waals surface area contributed by atoms with Crippen molar-refractivity contribution in [2.45, 2.75) is 13.3 Å². The van der Waals surface area contributed by atoms with E-state index in [1.54, 1.807) is 6.07 Å². The Balaban J connectivity index is 2.52. The largest absolute Gasteiger partial charge is 0.330 e. The fourth-order valence-electron chi connectivity index (χ4n) is 1.62. The van der Waals surface area contributed by atoms with Crippen molar-refractivity contribution < 1.29 is 4.92 Å². The molecular weight excluding hydrogens is 236 g/mol. The molecule has 0 atom stereocenters. The van der Waals surface area contributed by atoms with Crippen LogP contribution in [0.25, 0.3) is 5.69 Å². The number of nitrogens with zero attached hydrogens (tertiary/aromatic N) is 5. The van der Waals surface area contributed by atoms with Gasteiger partial charge in [0.05, 0.1) is 10.6 Å². The first-order valence-electron chi connectivity index (χ1n) is 5.36. The van der Waals surface area contributed by atoms with Crippen molar-refractivity contribution in [3.05, 3.63) is 39.7 Å². The van der Waals surface area contributed by atoms with Gasteiger partial charge < -0.3 is 5.73 Å². The number of nitro benzene ring substituents is 1. The molecular formula is C10H12N6O2. The van der Waals surface area contributed by atoms with Crippen LogP contribution in [-0.2, 0) is 6.42 Å². The SMILES string of the molecule is Cc1ccc([N+](=O)[O-])cc1-n1nnnc1CCN. The van der Waals surface area contributed by atoms with Gasteiger partial charge in [0.15, 0.2) is 5.82 Å². The standard InChI is InChI=1S/C10H12N6O2/c1-7-2-3-8(16(17)18)6-9(7)15-10(4-5-11)12-13-14-15/h2-3,6H,4-5,11H2,1H3. The van der Waals surface area contributed by atoms with Crippen molar-refractivity contribution in [2.75, 3.05) is 6.54 Å². The number of benzene rings is 1. The fraction of sp³-hybridized carbons (Fsp3) is 0.300. The highest BCUT2D eigenvalue weighted by atomic mass is 16.6. The second-order valence-corrected chi connectivity index (χ2v) is 3.77. The second-order valence-electron chi connectivity index (χ2n) is 3.77. The van der Waals surface area contributed by atoms with Crippen LogP contribution in [0.1, 0.15) is 11.4 Å². The zero-order chi connectivity index (χ0) is 13.1.